The van der Waals surface area contributed by atoms with Gasteiger partial charge in [-0.05, 0) is 26.3 Å². The van der Waals surface area contributed by atoms with E-state index in [1.165, 1.54) is 15.6 Å². The predicted octanol–water partition coefficient (Wildman–Crippen LogP) is 0.965. The van der Waals surface area contributed by atoms with Gasteiger partial charge in [-0.25, -0.2) is 13.4 Å². The van der Waals surface area contributed by atoms with E-state index >= 15 is 0 Å². The second-order valence-electron chi connectivity index (χ2n) is 4.69. The van der Waals surface area contributed by atoms with Gasteiger partial charge in [-0.15, -0.1) is 11.3 Å². The van der Waals surface area contributed by atoms with Crippen LogP contribution < -0.4 is 5.32 Å². The molecule has 1 N–H and O–H groups in total. The summed E-state index contributed by atoms with van der Waals surface area (Å²) in [5.74, 6) is 0.196. The van der Waals surface area contributed by atoms with E-state index < -0.39 is 10.0 Å². The number of hydrogen-bond donors (Lipinski definition) is 1. The van der Waals surface area contributed by atoms with Crippen LogP contribution in [0.15, 0.2) is 5.51 Å². The molecule has 1 atom stereocenters. The minimum Gasteiger partial charge on any atom is -0.313 e. The minimum absolute atomic E-state index is 0.111. The van der Waals surface area contributed by atoms with Crippen LogP contribution in [0.3, 0.4) is 0 Å². The van der Waals surface area contributed by atoms with Gasteiger partial charge in [-0.1, -0.05) is 0 Å². The SMILES string of the molecule is Cc1ncsc1CN(C)S(=O)(=O)CC1CCCN1. The van der Waals surface area contributed by atoms with E-state index in [2.05, 4.69) is 10.3 Å². The third-order valence-corrected chi connectivity index (χ3v) is 6.08. The molecule has 0 spiro atoms. The van der Waals surface area contributed by atoms with E-state index in [0.29, 0.717) is 6.54 Å². The highest BCUT2D eigenvalue weighted by Gasteiger charge is 2.26. The summed E-state index contributed by atoms with van der Waals surface area (Å²) in [7, 11) is -1.54. The topological polar surface area (TPSA) is 62.3 Å². The molecule has 7 heteroatoms. The summed E-state index contributed by atoms with van der Waals surface area (Å²) in [6.45, 7) is 3.26. The molecule has 2 rings (SSSR count). The lowest BCUT2D eigenvalue weighted by Gasteiger charge is -2.19. The van der Waals surface area contributed by atoms with Gasteiger partial charge in [0.1, 0.15) is 0 Å². The van der Waals surface area contributed by atoms with Crippen LogP contribution in [0.4, 0.5) is 0 Å². The monoisotopic (exact) mass is 289 g/mol. The lowest BCUT2D eigenvalue weighted by atomic mass is 10.3. The van der Waals surface area contributed by atoms with Crippen LogP contribution in [0.1, 0.15) is 23.4 Å². The van der Waals surface area contributed by atoms with Crippen LogP contribution >= 0.6 is 11.3 Å². The molecule has 1 aromatic heterocycles. The molecule has 18 heavy (non-hydrogen) atoms. The number of thiazole rings is 1. The van der Waals surface area contributed by atoms with Crippen molar-refractivity contribution in [2.45, 2.75) is 32.4 Å². The molecule has 2 heterocycles. The van der Waals surface area contributed by atoms with Crippen molar-refractivity contribution in [3.05, 3.63) is 16.1 Å². The average Bonchev–Trinajstić information content (AvgIpc) is 2.91. The molecule has 0 radical (unpaired) electrons. The molecule has 1 aliphatic rings. The maximum atomic E-state index is 12.2. The fraction of sp³-hybridized carbons (Fsp3) is 0.727. The molecule has 102 valence electrons. The highest BCUT2D eigenvalue weighted by atomic mass is 32.2. The highest BCUT2D eigenvalue weighted by molar-refractivity contribution is 7.89. The maximum Gasteiger partial charge on any atom is 0.215 e. The summed E-state index contributed by atoms with van der Waals surface area (Å²) in [5, 5.41) is 3.22. The predicted molar refractivity (Wildman–Crippen MR) is 73.1 cm³/mol. The Labute approximate surface area is 112 Å². The van der Waals surface area contributed by atoms with Crippen LogP contribution in [0.2, 0.25) is 0 Å². The third kappa shape index (κ3) is 3.28. The normalized spacial score (nSPS) is 20.7. The van der Waals surface area contributed by atoms with Crippen molar-refractivity contribution in [2.75, 3.05) is 19.3 Å². The lowest BCUT2D eigenvalue weighted by molar-refractivity contribution is 0.461. The van der Waals surface area contributed by atoms with Gasteiger partial charge in [-0.3, -0.25) is 0 Å². The van der Waals surface area contributed by atoms with E-state index in [0.717, 1.165) is 30.0 Å². The first kappa shape index (κ1) is 13.9. The number of aromatic nitrogens is 1. The van der Waals surface area contributed by atoms with Crippen molar-refractivity contribution in [2.24, 2.45) is 0 Å². The van der Waals surface area contributed by atoms with E-state index in [9.17, 15) is 8.42 Å². The van der Waals surface area contributed by atoms with Crippen molar-refractivity contribution in [3.63, 3.8) is 0 Å². The molecule has 1 fully saturated rings. The second kappa shape index (κ2) is 5.64. The summed E-state index contributed by atoms with van der Waals surface area (Å²) in [5.41, 5.74) is 2.67. The molecule has 0 saturated carbocycles. The molecule has 1 unspecified atom stereocenters. The zero-order valence-electron chi connectivity index (χ0n) is 10.7. The number of aryl methyl sites for hydroxylation is 1. The van der Waals surface area contributed by atoms with Crippen LogP contribution in [0.5, 0.6) is 0 Å². The molecule has 0 aromatic carbocycles. The molecule has 5 nitrogen and oxygen atoms in total. The van der Waals surface area contributed by atoms with Gasteiger partial charge >= 0.3 is 0 Å². The Morgan fingerprint density at radius 3 is 2.94 bits per heavy atom. The Bertz CT molecular complexity index is 492. The quantitative estimate of drug-likeness (QED) is 0.877. The van der Waals surface area contributed by atoms with Gasteiger partial charge in [0.25, 0.3) is 0 Å². The standard InChI is InChI=1S/C11H19N3O2S2/c1-9-11(17-8-13-9)6-14(2)18(15,16)7-10-4-3-5-12-10/h8,10,12H,3-7H2,1-2H3. The highest BCUT2D eigenvalue weighted by Crippen LogP contribution is 2.17. The smallest absolute Gasteiger partial charge is 0.215 e. The fourth-order valence-electron chi connectivity index (χ4n) is 2.06. The number of hydrogen-bond acceptors (Lipinski definition) is 5. The van der Waals surface area contributed by atoms with Gasteiger partial charge in [0, 0.05) is 24.5 Å². The van der Waals surface area contributed by atoms with Crippen molar-refractivity contribution < 1.29 is 8.42 Å². The van der Waals surface area contributed by atoms with E-state index in [-0.39, 0.29) is 11.8 Å². The van der Waals surface area contributed by atoms with E-state index in [1.807, 2.05) is 6.92 Å². The lowest BCUT2D eigenvalue weighted by Crippen LogP contribution is -2.37. The molecule has 0 aliphatic carbocycles. The number of sulfonamides is 1. The summed E-state index contributed by atoms with van der Waals surface area (Å²) in [6, 6.07) is 0.111. The summed E-state index contributed by atoms with van der Waals surface area (Å²) in [6.07, 6.45) is 2.02. The molecule has 1 aliphatic heterocycles. The van der Waals surface area contributed by atoms with Crippen molar-refractivity contribution in [3.8, 4) is 0 Å². The van der Waals surface area contributed by atoms with Gasteiger partial charge in [0.05, 0.1) is 17.0 Å². The van der Waals surface area contributed by atoms with E-state index in [1.54, 1.807) is 12.6 Å². The number of nitrogens with zero attached hydrogens (tertiary/aromatic N) is 2. The Balaban J connectivity index is 1.98. The Kier molecular flexibility index (Phi) is 4.37. The van der Waals surface area contributed by atoms with Crippen LogP contribution in [0, 0.1) is 6.92 Å². The van der Waals surface area contributed by atoms with Gasteiger partial charge < -0.3 is 5.32 Å². The van der Waals surface area contributed by atoms with E-state index in [4.69, 9.17) is 0 Å². The molecule has 1 aromatic rings. The summed E-state index contributed by atoms with van der Waals surface area (Å²) in [4.78, 5) is 5.15. The fourth-order valence-corrected chi connectivity index (χ4v) is 4.34. The molecule has 0 bridgehead atoms. The van der Waals surface area contributed by atoms with Crippen molar-refractivity contribution in [1.82, 2.24) is 14.6 Å². The molecular formula is C11H19N3O2S2. The van der Waals surface area contributed by atoms with Crippen LogP contribution in [-0.4, -0.2) is 43.1 Å². The Morgan fingerprint density at radius 2 is 2.39 bits per heavy atom. The van der Waals surface area contributed by atoms with Crippen LogP contribution in [0.25, 0.3) is 0 Å². The van der Waals surface area contributed by atoms with Gasteiger partial charge in [-0.2, -0.15) is 4.31 Å². The maximum absolute atomic E-state index is 12.2. The number of nitrogens with one attached hydrogen (secondary N) is 1. The summed E-state index contributed by atoms with van der Waals surface area (Å²) >= 11 is 1.50. The molecular weight excluding hydrogens is 270 g/mol. The zero-order chi connectivity index (χ0) is 13.2. The second-order valence-corrected chi connectivity index (χ2v) is 7.75. The average molecular weight is 289 g/mol. The largest absolute Gasteiger partial charge is 0.313 e. The van der Waals surface area contributed by atoms with Gasteiger partial charge in [0.2, 0.25) is 10.0 Å². The first-order valence-electron chi connectivity index (χ1n) is 6.05. The third-order valence-electron chi connectivity index (χ3n) is 3.26. The molecule has 1 saturated heterocycles. The Morgan fingerprint density at radius 1 is 1.61 bits per heavy atom. The zero-order valence-corrected chi connectivity index (χ0v) is 12.4. The van der Waals surface area contributed by atoms with Crippen LogP contribution in [-0.2, 0) is 16.6 Å². The van der Waals surface area contributed by atoms with Crippen molar-refractivity contribution in [1.29, 1.82) is 0 Å². The number of rotatable bonds is 5. The minimum atomic E-state index is -3.19. The van der Waals surface area contributed by atoms with Gasteiger partial charge in [0.15, 0.2) is 0 Å². The Hall–Kier alpha value is -0.500. The first-order valence-corrected chi connectivity index (χ1v) is 8.54. The van der Waals surface area contributed by atoms with Crippen molar-refractivity contribution >= 4 is 21.4 Å². The first-order chi connectivity index (χ1) is 8.49. The summed E-state index contributed by atoms with van der Waals surface area (Å²) < 4.78 is 25.8. The molecule has 0 amide bonds.